The Morgan fingerprint density at radius 2 is 1.93 bits per heavy atom. The number of hydrogen-bond donors (Lipinski definition) is 1. The molecular formula is C13H20FN. The van der Waals surface area contributed by atoms with Crippen molar-refractivity contribution < 1.29 is 4.39 Å². The molecule has 1 aromatic carbocycles. The van der Waals surface area contributed by atoms with Crippen LogP contribution < -0.4 is 5.32 Å². The van der Waals surface area contributed by atoms with E-state index in [9.17, 15) is 4.39 Å². The molecule has 0 saturated carbocycles. The van der Waals surface area contributed by atoms with Crippen molar-refractivity contribution in [3.8, 4) is 0 Å². The molecule has 0 aliphatic rings. The fourth-order valence-corrected chi connectivity index (χ4v) is 1.66. The van der Waals surface area contributed by atoms with Crippen molar-refractivity contribution in [2.75, 3.05) is 11.9 Å². The van der Waals surface area contributed by atoms with Crippen molar-refractivity contribution in [3.05, 3.63) is 29.6 Å². The summed E-state index contributed by atoms with van der Waals surface area (Å²) < 4.78 is 12.9. The molecule has 1 aromatic rings. The molecule has 0 unspecified atom stereocenters. The highest BCUT2D eigenvalue weighted by molar-refractivity contribution is 5.50. The van der Waals surface area contributed by atoms with Crippen LogP contribution >= 0.6 is 0 Å². The Morgan fingerprint density at radius 1 is 1.27 bits per heavy atom. The highest BCUT2D eigenvalue weighted by Gasteiger charge is 2.04. The maximum Gasteiger partial charge on any atom is 0.123 e. The van der Waals surface area contributed by atoms with Crippen LogP contribution in [0.2, 0.25) is 0 Å². The van der Waals surface area contributed by atoms with Gasteiger partial charge < -0.3 is 5.32 Å². The summed E-state index contributed by atoms with van der Waals surface area (Å²) in [5.41, 5.74) is 2.02. The average Bonchev–Trinajstić information content (AvgIpc) is 2.22. The van der Waals surface area contributed by atoms with Gasteiger partial charge in [-0.2, -0.15) is 0 Å². The summed E-state index contributed by atoms with van der Waals surface area (Å²) in [6, 6.07) is 4.88. The van der Waals surface area contributed by atoms with Crippen LogP contribution in [0.1, 0.15) is 32.3 Å². The van der Waals surface area contributed by atoms with Crippen molar-refractivity contribution in [2.24, 2.45) is 5.92 Å². The maximum atomic E-state index is 12.9. The van der Waals surface area contributed by atoms with Crippen LogP contribution in [0, 0.1) is 18.7 Å². The number of rotatable bonds is 5. The molecule has 0 radical (unpaired) electrons. The van der Waals surface area contributed by atoms with E-state index in [0.29, 0.717) is 5.92 Å². The maximum absolute atomic E-state index is 12.9. The van der Waals surface area contributed by atoms with Gasteiger partial charge in [0, 0.05) is 12.2 Å². The molecule has 0 aliphatic carbocycles. The van der Waals surface area contributed by atoms with E-state index in [4.69, 9.17) is 0 Å². The van der Waals surface area contributed by atoms with Crippen LogP contribution in [0.3, 0.4) is 0 Å². The van der Waals surface area contributed by atoms with Gasteiger partial charge in [-0.15, -0.1) is 0 Å². The van der Waals surface area contributed by atoms with Crippen molar-refractivity contribution >= 4 is 5.69 Å². The monoisotopic (exact) mass is 209 g/mol. The summed E-state index contributed by atoms with van der Waals surface area (Å²) in [5.74, 6) is 0.537. The lowest BCUT2D eigenvalue weighted by Gasteiger charge is -2.15. The second-order valence-corrected chi connectivity index (χ2v) is 4.02. The first-order chi connectivity index (χ1) is 7.17. The molecule has 1 nitrogen and oxygen atoms in total. The molecule has 0 amide bonds. The Labute approximate surface area is 91.7 Å². The van der Waals surface area contributed by atoms with Gasteiger partial charge >= 0.3 is 0 Å². The Hall–Kier alpha value is -1.05. The van der Waals surface area contributed by atoms with Crippen molar-refractivity contribution in [3.63, 3.8) is 0 Å². The molecule has 0 spiro atoms. The smallest absolute Gasteiger partial charge is 0.123 e. The van der Waals surface area contributed by atoms with E-state index in [1.165, 1.54) is 18.9 Å². The van der Waals surface area contributed by atoms with E-state index in [1.807, 2.05) is 13.0 Å². The van der Waals surface area contributed by atoms with Crippen molar-refractivity contribution in [1.82, 2.24) is 0 Å². The van der Waals surface area contributed by atoms with Gasteiger partial charge in [-0.05, 0) is 36.6 Å². The third-order valence-corrected chi connectivity index (χ3v) is 2.92. The zero-order chi connectivity index (χ0) is 11.3. The molecule has 0 fully saturated rings. The Balaban J connectivity index is 2.57. The molecular weight excluding hydrogens is 189 g/mol. The fourth-order valence-electron chi connectivity index (χ4n) is 1.66. The molecule has 1 N–H and O–H groups in total. The normalized spacial score (nSPS) is 10.7. The lowest BCUT2D eigenvalue weighted by atomic mass is 10.0. The highest BCUT2D eigenvalue weighted by atomic mass is 19.1. The van der Waals surface area contributed by atoms with E-state index < -0.39 is 0 Å². The SMILES string of the molecule is CCC(CC)CNc1ccc(F)cc1C. The summed E-state index contributed by atoms with van der Waals surface area (Å²) in [6.07, 6.45) is 2.37. The third kappa shape index (κ3) is 3.54. The summed E-state index contributed by atoms with van der Waals surface area (Å²) in [5, 5.41) is 3.38. The van der Waals surface area contributed by atoms with Gasteiger partial charge in [0.25, 0.3) is 0 Å². The van der Waals surface area contributed by atoms with Gasteiger partial charge in [0.05, 0.1) is 0 Å². The summed E-state index contributed by atoms with van der Waals surface area (Å²) in [4.78, 5) is 0. The van der Waals surface area contributed by atoms with Gasteiger partial charge in [0.1, 0.15) is 5.82 Å². The predicted octanol–water partition coefficient (Wildman–Crippen LogP) is 3.98. The molecule has 1 rings (SSSR count). The first-order valence-corrected chi connectivity index (χ1v) is 5.67. The number of nitrogens with one attached hydrogen (secondary N) is 1. The van der Waals surface area contributed by atoms with Gasteiger partial charge in [0.15, 0.2) is 0 Å². The zero-order valence-electron chi connectivity index (χ0n) is 9.81. The van der Waals surface area contributed by atoms with E-state index in [1.54, 1.807) is 6.07 Å². The van der Waals surface area contributed by atoms with Gasteiger partial charge in [-0.1, -0.05) is 26.7 Å². The number of anilines is 1. The van der Waals surface area contributed by atoms with Gasteiger partial charge in [-0.3, -0.25) is 0 Å². The second-order valence-electron chi connectivity index (χ2n) is 4.02. The lowest BCUT2D eigenvalue weighted by Crippen LogP contribution is -2.13. The van der Waals surface area contributed by atoms with Crippen molar-refractivity contribution in [1.29, 1.82) is 0 Å². The Bertz CT molecular complexity index is 305. The topological polar surface area (TPSA) is 12.0 Å². The summed E-state index contributed by atoms with van der Waals surface area (Å²) in [7, 11) is 0. The average molecular weight is 209 g/mol. The van der Waals surface area contributed by atoms with E-state index in [2.05, 4.69) is 19.2 Å². The molecule has 0 atom stereocenters. The predicted molar refractivity (Wildman–Crippen MR) is 63.7 cm³/mol. The van der Waals surface area contributed by atoms with Crippen LogP contribution in [0.15, 0.2) is 18.2 Å². The highest BCUT2D eigenvalue weighted by Crippen LogP contribution is 2.17. The zero-order valence-corrected chi connectivity index (χ0v) is 9.81. The summed E-state index contributed by atoms with van der Waals surface area (Å²) >= 11 is 0. The third-order valence-electron chi connectivity index (χ3n) is 2.92. The fraction of sp³-hybridized carbons (Fsp3) is 0.538. The molecule has 2 heteroatoms. The minimum Gasteiger partial charge on any atom is -0.385 e. The minimum atomic E-state index is -0.166. The second kappa shape index (κ2) is 5.74. The molecule has 0 bridgehead atoms. The Morgan fingerprint density at radius 3 is 2.47 bits per heavy atom. The van der Waals surface area contributed by atoms with E-state index in [0.717, 1.165) is 17.8 Å². The van der Waals surface area contributed by atoms with Crippen LogP contribution in [0.25, 0.3) is 0 Å². The quantitative estimate of drug-likeness (QED) is 0.773. The largest absolute Gasteiger partial charge is 0.385 e. The van der Waals surface area contributed by atoms with E-state index in [-0.39, 0.29) is 5.82 Å². The molecule has 84 valence electrons. The minimum absolute atomic E-state index is 0.166. The van der Waals surface area contributed by atoms with Crippen LogP contribution in [0.5, 0.6) is 0 Å². The molecule has 0 saturated heterocycles. The number of halogens is 1. The Kier molecular flexibility index (Phi) is 4.60. The molecule has 0 heterocycles. The van der Waals surface area contributed by atoms with E-state index >= 15 is 0 Å². The van der Waals surface area contributed by atoms with Crippen LogP contribution in [-0.4, -0.2) is 6.54 Å². The molecule has 0 aromatic heterocycles. The lowest BCUT2D eigenvalue weighted by molar-refractivity contribution is 0.519. The van der Waals surface area contributed by atoms with Crippen molar-refractivity contribution in [2.45, 2.75) is 33.6 Å². The first-order valence-electron chi connectivity index (χ1n) is 5.67. The number of benzene rings is 1. The standard InChI is InChI=1S/C13H20FN/c1-4-11(5-2)9-15-13-7-6-12(14)8-10(13)3/h6-8,11,15H,4-5,9H2,1-3H3. The summed E-state index contributed by atoms with van der Waals surface area (Å²) in [6.45, 7) is 7.30. The van der Waals surface area contributed by atoms with Gasteiger partial charge in [-0.25, -0.2) is 4.39 Å². The van der Waals surface area contributed by atoms with Crippen LogP contribution in [-0.2, 0) is 0 Å². The first kappa shape index (κ1) is 12.0. The number of hydrogen-bond acceptors (Lipinski definition) is 1. The molecule has 0 aliphatic heterocycles. The van der Waals surface area contributed by atoms with Crippen LogP contribution in [0.4, 0.5) is 10.1 Å². The van der Waals surface area contributed by atoms with Gasteiger partial charge in [0.2, 0.25) is 0 Å². The number of aryl methyl sites for hydroxylation is 1. The molecule has 15 heavy (non-hydrogen) atoms.